The van der Waals surface area contributed by atoms with Gasteiger partial charge in [-0.3, -0.25) is 9.69 Å². The van der Waals surface area contributed by atoms with Crippen LogP contribution in [0.4, 0.5) is 10.1 Å². The Bertz CT molecular complexity index is 993. The first-order valence-electron chi connectivity index (χ1n) is 10.2. The molecule has 1 amide bonds. The smallest absolute Gasteiger partial charge is 0.238 e. The zero-order valence-corrected chi connectivity index (χ0v) is 16.8. The first-order chi connectivity index (χ1) is 14.7. The molecule has 4 rings (SSSR count). The van der Waals surface area contributed by atoms with E-state index in [0.29, 0.717) is 19.7 Å². The second-order valence-corrected chi connectivity index (χ2v) is 7.52. The predicted molar refractivity (Wildman–Crippen MR) is 116 cm³/mol. The highest BCUT2D eigenvalue weighted by molar-refractivity contribution is 5.93. The average molecular weight is 404 g/mol. The van der Waals surface area contributed by atoms with Crippen LogP contribution >= 0.6 is 0 Å². The van der Waals surface area contributed by atoms with Crippen LogP contribution in [0.3, 0.4) is 0 Å². The van der Waals surface area contributed by atoms with Gasteiger partial charge in [-0.1, -0.05) is 60.7 Å². The van der Waals surface area contributed by atoms with Gasteiger partial charge >= 0.3 is 0 Å². The second kappa shape index (κ2) is 9.65. The maximum Gasteiger partial charge on any atom is 0.238 e. The molecule has 154 valence electrons. The molecule has 0 saturated carbocycles. The van der Waals surface area contributed by atoms with Crippen LogP contribution in [0, 0.1) is 5.82 Å². The van der Waals surface area contributed by atoms with Crippen LogP contribution in [0.15, 0.2) is 78.9 Å². The minimum atomic E-state index is -0.277. The minimum absolute atomic E-state index is 0.0598. The van der Waals surface area contributed by atoms with E-state index in [-0.39, 0.29) is 24.4 Å². The Kier molecular flexibility index (Phi) is 6.52. The highest BCUT2D eigenvalue weighted by atomic mass is 19.1. The molecule has 5 heteroatoms. The van der Waals surface area contributed by atoms with Gasteiger partial charge in [-0.2, -0.15) is 0 Å². The van der Waals surface area contributed by atoms with Gasteiger partial charge in [0.2, 0.25) is 5.91 Å². The number of rotatable bonds is 6. The van der Waals surface area contributed by atoms with E-state index in [9.17, 15) is 9.18 Å². The van der Waals surface area contributed by atoms with E-state index in [4.69, 9.17) is 4.74 Å². The summed E-state index contributed by atoms with van der Waals surface area (Å²) in [6.45, 7) is 2.02. The number of hydrogen-bond donors (Lipinski definition) is 1. The summed E-state index contributed by atoms with van der Waals surface area (Å²) in [7, 11) is 0. The normalized spacial score (nSPS) is 16.9. The highest BCUT2D eigenvalue weighted by Gasteiger charge is 2.24. The fourth-order valence-electron chi connectivity index (χ4n) is 3.76. The largest absolute Gasteiger partial charge is 0.371 e. The molecule has 3 aromatic carbocycles. The number of carbonyl (C=O) groups excluding carboxylic acids is 1. The Morgan fingerprint density at radius 2 is 1.83 bits per heavy atom. The Morgan fingerprint density at radius 3 is 2.67 bits per heavy atom. The molecule has 0 aromatic heterocycles. The van der Waals surface area contributed by atoms with Crippen LogP contribution in [-0.2, 0) is 16.0 Å². The van der Waals surface area contributed by atoms with Crippen LogP contribution < -0.4 is 5.32 Å². The molecule has 1 unspecified atom stereocenters. The molecule has 1 heterocycles. The number of nitrogens with one attached hydrogen (secondary N) is 1. The average Bonchev–Trinajstić information content (AvgIpc) is 2.76. The molecule has 0 spiro atoms. The summed E-state index contributed by atoms with van der Waals surface area (Å²) in [6, 6.07) is 24.5. The predicted octanol–water partition coefficient (Wildman–Crippen LogP) is 4.43. The van der Waals surface area contributed by atoms with Crippen molar-refractivity contribution in [1.29, 1.82) is 0 Å². The van der Waals surface area contributed by atoms with Crippen LogP contribution in [0.25, 0.3) is 0 Å². The molecule has 3 aromatic rings. The zero-order valence-electron chi connectivity index (χ0n) is 16.8. The second-order valence-electron chi connectivity index (χ2n) is 7.52. The molecule has 0 aliphatic carbocycles. The number of ether oxygens (including phenoxy) is 1. The van der Waals surface area contributed by atoms with Crippen molar-refractivity contribution < 1.29 is 13.9 Å². The van der Waals surface area contributed by atoms with Crippen molar-refractivity contribution in [3.8, 4) is 0 Å². The molecule has 1 aliphatic rings. The Hall–Kier alpha value is -3.02. The molecule has 0 radical (unpaired) electrons. The van der Waals surface area contributed by atoms with E-state index in [1.54, 1.807) is 6.07 Å². The Balaban J connectivity index is 1.38. The molecular formula is C25H25FN2O2. The summed E-state index contributed by atoms with van der Waals surface area (Å²) in [4.78, 5) is 14.8. The van der Waals surface area contributed by atoms with Gasteiger partial charge < -0.3 is 10.1 Å². The summed E-state index contributed by atoms with van der Waals surface area (Å²) in [5.41, 5.74) is 3.91. The van der Waals surface area contributed by atoms with Crippen molar-refractivity contribution in [2.24, 2.45) is 0 Å². The third-order valence-electron chi connectivity index (χ3n) is 5.27. The third-order valence-corrected chi connectivity index (χ3v) is 5.27. The maximum absolute atomic E-state index is 13.5. The Labute approximate surface area is 176 Å². The number of amides is 1. The van der Waals surface area contributed by atoms with Crippen molar-refractivity contribution in [3.63, 3.8) is 0 Å². The van der Waals surface area contributed by atoms with Crippen molar-refractivity contribution in [3.05, 3.63) is 101 Å². The third kappa shape index (κ3) is 5.32. The maximum atomic E-state index is 13.5. The van der Waals surface area contributed by atoms with Crippen LogP contribution in [0.1, 0.15) is 22.8 Å². The van der Waals surface area contributed by atoms with E-state index >= 15 is 0 Å². The van der Waals surface area contributed by atoms with E-state index in [0.717, 1.165) is 23.2 Å². The van der Waals surface area contributed by atoms with E-state index in [1.807, 2.05) is 53.4 Å². The number of halogens is 1. The van der Waals surface area contributed by atoms with Gasteiger partial charge in [-0.15, -0.1) is 0 Å². The van der Waals surface area contributed by atoms with E-state index in [2.05, 4.69) is 17.4 Å². The lowest BCUT2D eigenvalue weighted by Crippen LogP contribution is -2.42. The summed E-state index contributed by atoms with van der Waals surface area (Å²) in [5.74, 6) is -0.337. The molecule has 1 aliphatic heterocycles. The lowest BCUT2D eigenvalue weighted by molar-refractivity contribution is -0.119. The van der Waals surface area contributed by atoms with Crippen LogP contribution in [0.2, 0.25) is 0 Å². The number of nitrogens with zero attached hydrogens (tertiary/aromatic N) is 1. The number of morpholine rings is 1. The number of hydrogen-bond acceptors (Lipinski definition) is 3. The highest BCUT2D eigenvalue weighted by Crippen LogP contribution is 2.23. The SMILES string of the molecule is O=C(CN1CCOC(c2cccc(F)c2)C1)Nc1ccccc1Cc1ccccc1. The van der Waals surface area contributed by atoms with Crippen molar-refractivity contribution in [2.45, 2.75) is 12.5 Å². The van der Waals surface area contributed by atoms with Gasteiger partial charge in [-0.25, -0.2) is 4.39 Å². The Morgan fingerprint density at radius 1 is 1.03 bits per heavy atom. The number of benzene rings is 3. The van der Waals surface area contributed by atoms with Crippen LogP contribution in [-0.4, -0.2) is 37.0 Å². The number of para-hydroxylation sites is 1. The fourth-order valence-corrected chi connectivity index (χ4v) is 3.76. The molecule has 0 bridgehead atoms. The van der Waals surface area contributed by atoms with E-state index in [1.165, 1.54) is 17.7 Å². The first-order valence-corrected chi connectivity index (χ1v) is 10.2. The lowest BCUT2D eigenvalue weighted by Gasteiger charge is -2.32. The van der Waals surface area contributed by atoms with Gasteiger partial charge in [0, 0.05) is 18.8 Å². The fraction of sp³-hybridized carbons (Fsp3) is 0.240. The number of carbonyl (C=O) groups is 1. The quantitative estimate of drug-likeness (QED) is 0.661. The van der Waals surface area contributed by atoms with Crippen molar-refractivity contribution >= 4 is 11.6 Å². The summed E-state index contributed by atoms with van der Waals surface area (Å²) in [5, 5.41) is 3.06. The molecule has 4 nitrogen and oxygen atoms in total. The lowest BCUT2D eigenvalue weighted by atomic mass is 10.0. The van der Waals surface area contributed by atoms with Gasteiger partial charge in [0.15, 0.2) is 0 Å². The van der Waals surface area contributed by atoms with Crippen molar-refractivity contribution in [1.82, 2.24) is 4.90 Å². The van der Waals surface area contributed by atoms with Gasteiger partial charge in [0.05, 0.1) is 19.3 Å². The van der Waals surface area contributed by atoms with Gasteiger partial charge in [0.25, 0.3) is 0 Å². The topological polar surface area (TPSA) is 41.6 Å². The molecule has 30 heavy (non-hydrogen) atoms. The molecule has 1 fully saturated rings. The van der Waals surface area contributed by atoms with Crippen molar-refractivity contribution in [2.75, 3.05) is 31.6 Å². The monoisotopic (exact) mass is 404 g/mol. The van der Waals surface area contributed by atoms with E-state index < -0.39 is 0 Å². The first kappa shape index (κ1) is 20.3. The summed E-state index contributed by atoms with van der Waals surface area (Å²) in [6.07, 6.45) is 0.531. The van der Waals surface area contributed by atoms with Crippen LogP contribution in [0.5, 0.6) is 0 Å². The molecule has 1 saturated heterocycles. The summed E-state index contributed by atoms with van der Waals surface area (Å²) >= 11 is 0. The van der Waals surface area contributed by atoms with Gasteiger partial charge in [0.1, 0.15) is 5.82 Å². The standard InChI is InChI=1S/C25H25FN2O2/c26-22-11-6-10-21(16-22)24-17-28(13-14-30-24)18-25(29)27-23-12-5-4-9-20(23)15-19-7-2-1-3-8-19/h1-12,16,24H,13-15,17-18H2,(H,27,29). The number of anilines is 1. The van der Waals surface area contributed by atoms with Gasteiger partial charge in [-0.05, 0) is 41.3 Å². The molecule has 1 N–H and O–H groups in total. The molecular weight excluding hydrogens is 379 g/mol. The summed E-state index contributed by atoms with van der Waals surface area (Å²) < 4.78 is 19.3. The zero-order chi connectivity index (χ0) is 20.8. The minimum Gasteiger partial charge on any atom is -0.371 e. The molecule has 1 atom stereocenters.